The summed E-state index contributed by atoms with van der Waals surface area (Å²) in [5.74, 6) is 0. The topological polar surface area (TPSA) is 58.2 Å². The molecule has 3 heterocycles. The molecule has 1 aliphatic rings. The Kier molecular flexibility index (Phi) is 4.52. The number of hydrogen-bond donors (Lipinski definition) is 0. The van der Waals surface area contributed by atoms with Crippen LogP contribution in [0.3, 0.4) is 0 Å². The average molecular weight is 466 g/mol. The maximum atomic E-state index is 13.3. The number of aryl methyl sites for hydroxylation is 1. The van der Waals surface area contributed by atoms with Crippen molar-refractivity contribution in [3.63, 3.8) is 0 Å². The van der Waals surface area contributed by atoms with Crippen molar-refractivity contribution in [1.29, 1.82) is 0 Å². The first-order valence-electron chi connectivity index (χ1n) is 9.73. The van der Waals surface area contributed by atoms with E-state index in [1.165, 1.54) is 11.6 Å². The van der Waals surface area contributed by atoms with E-state index in [2.05, 4.69) is 20.5 Å². The van der Waals surface area contributed by atoms with E-state index < -0.39 is 0 Å². The van der Waals surface area contributed by atoms with Crippen LogP contribution < -0.4 is 11.2 Å². The van der Waals surface area contributed by atoms with Gasteiger partial charge in [-0.1, -0.05) is 58.4 Å². The highest BCUT2D eigenvalue weighted by molar-refractivity contribution is 9.10. The first kappa shape index (κ1) is 19.1. The number of benzene rings is 2. The molecule has 0 radical (unpaired) electrons. The number of fused-ring (bicyclic) bond motifs is 3. The van der Waals surface area contributed by atoms with Gasteiger partial charge in [0.2, 0.25) is 0 Å². The predicted molar refractivity (Wildman–Crippen MR) is 120 cm³/mol. The second kappa shape index (κ2) is 7.11. The molecule has 0 saturated carbocycles. The van der Waals surface area contributed by atoms with Crippen molar-refractivity contribution >= 4 is 26.8 Å². The van der Waals surface area contributed by atoms with Crippen molar-refractivity contribution in [3.8, 4) is 11.3 Å². The van der Waals surface area contributed by atoms with Crippen molar-refractivity contribution in [2.45, 2.75) is 12.6 Å². The van der Waals surface area contributed by atoms with Crippen LogP contribution in [0.4, 0.5) is 0 Å². The normalized spacial score (nSPS) is 16.0. The zero-order valence-corrected chi connectivity index (χ0v) is 18.2. The van der Waals surface area contributed by atoms with Gasteiger partial charge < -0.3 is 9.30 Å². The molecule has 1 atom stereocenters. The third kappa shape index (κ3) is 2.73. The van der Waals surface area contributed by atoms with Crippen LogP contribution in [0.5, 0.6) is 0 Å². The molecule has 4 aromatic rings. The molecule has 0 spiro atoms. The largest absolute Gasteiger partial charge is 0.365 e. The summed E-state index contributed by atoms with van der Waals surface area (Å²) in [6, 6.07) is 17.8. The van der Waals surface area contributed by atoms with Crippen LogP contribution in [-0.4, -0.2) is 20.3 Å². The van der Waals surface area contributed by atoms with E-state index in [9.17, 15) is 9.59 Å². The molecule has 2 aromatic carbocycles. The zero-order chi connectivity index (χ0) is 21.0. The number of halogens is 1. The first-order chi connectivity index (χ1) is 14.5. The van der Waals surface area contributed by atoms with Gasteiger partial charge in [0.15, 0.2) is 0 Å². The van der Waals surface area contributed by atoms with E-state index in [1.807, 2.05) is 54.6 Å². The van der Waals surface area contributed by atoms with Crippen LogP contribution in [0.1, 0.15) is 17.4 Å². The first-order valence-corrected chi connectivity index (χ1v) is 10.5. The number of rotatable bonds is 2. The molecule has 5 rings (SSSR count). The summed E-state index contributed by atoms with van der Waals surface area (Å²) in [6.07, 6.45) is -0.360. The highest BCUT2D eigenvalue weighted by atomic mass is 79.9. The quantitative estimate of drug-likeness (QED) is 0.454. The third-order valence-electron chi connectivity index (χ3n) is 5.75. The molecule has 0 aliphatic carbocycles. The van der Waals surface area contributed by atoms with Crippen LogP contribution in [0, 0.1) is 0 Å². The molecule has 7 heteroatoms. The van der Waals surface area contributed by atoms with Crippen LogP contribution in [-0.2, 0) is 25.4 Å². The molecule has 0 bridgehead atoms. The fraction of sp³-hybridized carbons (Fsp3) is 0.217. The van der Waals surface area contributed by atoms with Crippen LogP contribution in [0.2, 0.25) is 0 Å². The Labute approximate surface area is 181 Å². The minimum atomic E-state index is -0.360. The summed E-state index contributed by atoms with van der Waals surface area (Å²) in [5, 5.41) is 0.541. The van der Waals surface area contributed by atoms with Gasteiger partial charge in [0.05, 0.1) is 28.9 Å². The summed E-state index contributed by atoms with van der Waals surface area (Å²) < 4.78 is 12.0. The summed E-state index contributed by atoms with van der Waals surface area (Å²) >= 11 is 3.54. The second-order valence-electron chi connectivity index (χ2n) is 7.49. The van der Waals surface area contributed by atoms with Gasteiger partial charge in [-0.15, -0.1) is 0 Å². The van der Waals surface area contributed by atoms with Gasteiger partial charge in [-0.3, -0.25) is 13.9 Å². The van der Waals surface area contributed by atoms with E-state index in [0.717, 1.165) is 27.0 Å². The van der Waals surface area contributed by atoms with E-state index in [4.69, 9.17) is 4.74 Å². The molecule has 30 heavy (non-hydrogen) atoms. The number of aromatic nitrogens is 3. The number of hydrogen-bond acceptors (Lipinski definition) is 3. The molecule has 152 valence electrons. The maximum Gasteiger partial charge on any atom is 0.331 e. The monoisotopic (exact) mass is 465 g/mol. The fourth-order valence-electron chi connectivity index (χ4n) is 4.40. The van der Waals surface area contributed by atoms with Gasteiger partial charge in [-0.25, -0.2) is 4.79 Å². The van der Waals surface area contributed by atoms with Gasteiger partial charge >= 0.3 is 5.69 Å². The summed E-state index contributed by atoms with van der Waals surface area (Å²) in [6.45, 7) is 1.12. The molecule has 1 aliphatic heterocycles. The van der Waals surface area contributed by atoms with Crippen molar-refractivity contribution in [2.24, 2.45) is 14.1 Å². The van der Waals surface area contributed by atoms with Gasteiger partial charge in [0.1, 0.15) is 6.10 Å². The highest BCUT2D eigenvalue weighted by Crippen LogP contribution is 2.40. The lowest BCUT2D eigenvalue weighted by molar-refractivity contribution is 0.0478. The van der Waals surface area contributed by atoms with E-state index in [0.29, 0.717) is 24.1 Å². The molecule has 0 unspecified atom stereocenters. The Balaban J connectivity index is 1.97. The Bertz CT molecular complexity index is 1400. The van der Waals surface area contributed by atoms with E-state index >= 15 is 0 Å². The SMILES string of the molecule is Cn1c(=O)c2c(-c3cccc(Br)c3)n3c(c2n(C)c1=O)[C@H](c1ccccc1)OCC3. The predicted octanol–water partition coefficient (Wildman–Crippen LogP) is 3.59. The van der Waals surface area contributed by atoms with Gasteiger partial charge in [-0.05, 0) is 17.7 Å². The van der Waals surface area contributed by atoms with E-state index in [1.54, 1.807) is 11.6 Å². The van der Waals surface area contributed by atoms with Gasteiger partial charge in [0, 0.05) is 30.7 Å². The minimum Gasteiger partial charge on any atom is -0.365 e. The number of nitrogens with zero attached hydrogens (tertiary/aromatic N) is 3. The molecule has 0 fully saturated rings. The molecular weight excluding hydrogens is 446 g/mol. The van der Waals surface area contributed by atoms with Gasteiger partial charge in [-0.2, -0.15) is 0 Å². The van der Waals surface area contributed by atoms with Crippen LogP contribution >= 0.6 is 15.9 Å². The van der Waals surface area contributed by atoms with Crippen molar-refractivity contribution in [3.05, 3.63) is 91.2 Å². The zero-order valence-electron chi connectivity index (χ0n) is 16.6. The van der Waals surface area contributed by atoms with Crippen LogP contribution in [0.25, 0.3) is 22.2 Å². The van der Waals surface area contributed by atoms with Crippen molar-refractivity contribution in [2.75, 3.05) is 6.61 Å². The highest BCUT2D eigenvalue weighted by Gasteiger charge is 2.32. The Morgan fingerprint density at radius 2 is 1.77 bits per heavy atom. The molecule has 0 N–H and O–H groups in total. The molecular formula is C23H20BrN3O3. The van der Waals surface area contributed by atoms with Crippen molar-refractivity contribution < 1.29 is 4.74 Å². The standard InChI is InChI=1S/C23H20BrN3O3/c1-25-19-17(22(28)26(2)23(25)29)18(15-9-6-10-16(24)13-15)27-11-12-30-21(20(19)27)14-7-4-3-5-8-14/h3-10,13,21H,11-12H2,1-2H3/t21-/m0/s1. The molecule has 2 aromatic heterocycles. The molecule has 0 saturated heterocycles. The maximum absolute atomic E-state index is 13.3. The third-order valence-corrected chi connectivity index (χ3v) is 6.25. The van der Waals surface area contributed by atoms with Crippen LogP contribution in [0.15, 0.2) is 68.7 Å². The summed E-state index contributed by atoms with van der Waals surface area (Å²) in [5.41, 5.74) is 3.57. The Morgan fingerprint density at radius 3 is 2.50 bits per heavy atom. The lowest BCUT2D eigenvalue weighted by atomic mass is 10.0. The minimum absolute atomic E-state index is 0.295. The fourth-order valence-corrected chi connectivity index (χ4v) is 4.80. The number of ether oxygens (including phenoxy) is 1. The molecule has 6 nitrogen and oxygen atoms in total. The Hall–Kier alpha value is -2.90. The van der Waals surface area contributed by atoms with Gasteiger partial charge in [0.25, 0.3) is 5.56 Å². The lowest BCUT2D eigenvalue weighted by Crippen LogP contribution is -2.37. The smallest absolute Gasteiger partial charge is 0.331 e. The average Bonchev–Trinajstić information content (AvgIpc) is 3.12. The summed E-state index contributed by atoms with van der Waals surface area (Å²) in [4.78, 5) is 26.1. The second-order valence-corrected chi connectivity index (χ2v) is 8.40. The van der Waals surface area contributed by atoms with E-state index in [-0.39, 0.29) is 17.4 Å². The Morgan fingerprint density at radius 1 is 1.00 bits per heavy atom. The lowest BCUT2D eigenvalue weighted by Gasteiger charge is -2.27. The van der Waals surface area contributed by atoms with Crippen molar-refractivity contribution in [1.82, 2.24) is 13.7 Å². The summed E-state index contributed by atoms with van der Waals surface area (Å²) in [7, 11) is 3.24. The molecule has 0 amide bonds.